The molecule has 0 saturated carbocycles. The summed E-state index contributed by atoms with van der Waals surface area (Å²) >= 11 is 0. The molecule has 1 atom stereocenters. The molecule has 0 aromatic heterocycles. The van der Waals surface area contributed by atoms with Gasteiger partial charge >= 0.3 is 0 Å². The van der Waals surface area contributed by atoms with Gasteiger partial charge in [0.15, 0.2) is 0 Å². The molecule has 0 N–H and O–H groups in total. The smallest absolute Gasteiger partial charge is 0.256 e. The second-order valence-electron chi connectivity index (χ2n) is 8.58. The minimum Gasteiger partial charge on any atom is -0.336 e. The summed E-state index contributed by atoms with van der Waals surface area (Å²) in [6, 6.07) is 11.5. The van der Waals surface area contributed by atoms with Crippen LogP contribution < -0.4 is 0 Å². The third kappa shape index (κ3) is 3.81. The number of rotatable bonds is 2. The molecular formula is C23H25F2N3O2. The molecule has 0 radical (unpaired) electrons. The standard InChI is InChI=1S/C23H25F2N3O2/c1-23(2)15-27(22(30)19-5-3-4-6-20(19)25)14-18-13-26(11-12-28(18)23)21(29)16-7-9-17(24)10-8-16/h3-10,18H,11-15H2,1-2H3/t18-/m0/s1. The van der Waals surface area contributed by atoms with Crippen LogP contribution in [0.3, 0.4) is 0 Å². The lowest BCUT2D eigenvalue weighted by Crippen LogP contribution is -2.70. The largest absolute Gasteiger partial charge is 0.336 e. The highest BCUT2D eigenvalue weighted by molar-refractivity contribution is 5.95. The molecule has 2 amide bonds. The number of amides is 2. The van der Waals surface area contributed by atoms with Crippen molar-refractivity contribution >= 4 is 11.8 Å². The zero-order valence-electron chi connectivity index (χ0n) is 17.1. The number of halogens is 2. The van der Waals surface area contributed by atoms with Crippen molar-refractivity contribution in [3.8, 4) is 0 Å². The van der Waals surface area contributed by atoms with Gasteiger partial charge < -0.3 is 9.80 Å². The first kappa shape index (κ1) is 20.5. The maximum absolute atomic E-state index is 14.2. The first-order chi connectivity index (χ1) is 14.3. The summed E-state index contributed by atoms with van der Waals surface area (Å²) in [6.07, 6.45) is 0. The monoisotopic (exact) mass is 413 g/mol. The van der Waals surface area contributed by atoms with Gasteiger partial charge in [0.2, 0.25) is 0 Å². The molecule has 2 aromatic rings. The Morgan fingerprint density at radius 1 is 0.900 bits per heavy atom. The first-order valence-electron chi connectivity index (χ1n) is 10.1. The Morgan fingerprint density at radius 3 is 2.27 bits per heavy atom. The Bertz CT molecular complexity index is 961. The molecule has 2 aliphatic heterocycles. The number of carbonyl (C=O) groups is 2. The van der Waals surface area contributed by atoms with Crippen LogP contribution in [0.25, 0.3) is 0 Å². The van der Waals surface area contributed by atoms with Gasteiger partial charge in [0.25, 0.3) is 11.8 Å². The van der Waals surface area contributed by atoms with Crippen LogP contribution in [-0.4, -0.2) is 70.8 Å². The quantitative estimate of drug-likeness (QED) is 0.760. The van der Waals surface area contributed by atoms with Gasteiger partial charge in [-0.15, -0.1) is 0 Å². The van der Waals surface area contributed by atoms with E-state index in [1.54, 1.807) is 21.9 Å². The van der Waals surface area contributed by atoms with Crippen molar-refractivity contribution in [2.75, 3.05) is 32.7 Å². The normalized spacial score (nSPS) is 21.3. The first-order valence-corrected chi connectivity index (χ1v) is 10.1. The average molecular weight is 413 g/mol. The van der Waals surface area contributed by atoms with E-state index in [1.807, 2.05) is 0 Å². The summed E-state index contributed by atoms with van der Waals surface area (Å²) in [5, 5.41) is 0. The van der Waals surface area contributed by atoms with Crippen molar-refractivity contribution in [2.24, 2.45) is 0 Å². The van der Waals surface area contributed by atoms with Crippen LogP contribution in [0, 0.1) is 11.6 Å². The third-order valence-corrected chi connectivity index (χ3v) is 6.04. The van der Waals surface area contributed by atoms with Crippen LogP contribution in [0.4, 0.5) is 8.78 Å². The Morgan fingerprint density at radius 2 is 1.57 bits per heavy atom. The van der Waals surface area contributed by atoms with Crippen molar-refractivity contribution in [1.82, 2.24) is 14.7 Å². The molecule has 2 heterocycles. The molecule has 5 nitrogen and oxygen atoms in total. The second kappa shape index (κ2) is 7.80. The lowest BCUT2D eigenvalue weighted by molar-refractivity contribution is -0.0508. The highest BCUT2D eigenvalue weighted by atomic mass is 19.1. The number of hydrogen-bond acceptors (Lipinski definition) is 3. The minimum absolute atomic E-state index is 0.0531. The van der Waals surface area contributed by atoms with Crippen LogP contribution in [0.15, 0.2) is 48.5 Å². The van der Waals surface area contributed by atoms with E-state index in [-0.39, 0.29) is 34.8 Å². The van der Waals surface area contributed by atoms with Crippen molar-refractivity contribution < 1.29 is 18.4 Å². The number of nitrogens with zero attached hydrogens (tertiary/aromatic N) is 3. The fourth-order valence-electron chi connectivity index (χ4n) is 4.60. The van der Waals surface area contributed by atoms with Crippen LogP contribution in [0.1, 0.15) is 34.6 Å². The highest BCUT2D eigenvalue weighted by Crippen LogP contribution is 2.29. The molecule has 30 heavy (non-hydrogen) atoms. The lowest BCUT2D eigenvalue weighted by atomic mass is 9.92. The van der Waals surface area contributed by atoms with Gasteiger partial charge in [-0.3, -0.25) is 14.5 Å². The zero-order chi connectivity index (χ0) is 21.5. The lowest BCUT2D eigenvalue weighted by Gasteiger charge is -2.55. The van der Waals surface area contributed by atoms with Gasteiger partial charge in [-0.1, -0.05) is 12.1 Å². The maximum atomic E-state index is 14.2. The molecule has 0 bridgehead atoms. The van der Waals surface area contributed by atoms with Crippen LogP contribution in [0.5, 0.6) is 0 Å². The summed E-state index contributed by atoms with van der Waals surface area (Å²) in [7, 11) is 0. The Kier molecular flexibility index (Phi) is 5.32. The second-order valence-corrected chi connectivity index (χ2v) is 8.58. The third-order valence-electron chi connectivity index (χ3n) is 6.04. The summed E-state index contributed by atoms with van der Waals surface area (Å²) in [4.78, 5) is 31.6. The van der Waals surface area contributed by atoms with E-state index in [0.717, 1.165) is 0 Å². The predicted molar refractivity (Wildman–Crippen MR) is 109 cm³/mol. The molecule has 2 fully saturated rings. The Balaban J connectivity index is 1.53. The average Bonchev–Trinajstić information content (AvgIpc) is 2.72. The molecule has 2 saturated heterocycles. The summed E-state index contributed by atoms with van der Waals surface area (Å²) in [6.45, 7) is 6.76. The van der Waals surface area contributed by atoms with E-state index in [1.165, 1.54) is 36.4 Å². The molecule has 0 aliphatic carbocycles. The topological polar surface area (TPSA) is 43.9 Å². The van der Waals surface area contributed by atoms with Gasteiger partial charge in [-0.05, 0) is 50.2 Å². The number of piperazine rings is 2. The van der Waals surface area contributed by atoms with E-state index in [9.17, 15) is 18.4 Å². The van der Waals surface area contributed by atoms with Crippen LogP contribution in [-0.2, 0) is 0 Å². The minimum atomic E-state index is -0.528. The van der Waals surface area contributed by atoms with E-state index >= 15 is 0 Å². The fraction of sp³-hybridized carbons (Fsp3) is 0.391. The zero-order valence-corrected chi connectivity index (χ0v) is 17.1. The number of benzene rings is 2. The molecule has 2 aliphatic rings. The molecule has 0 unspecified atom stereocenters. The van der Waals surface area contributed by atoms with Crippen molar-refractivity contribution in [3.63, 3.8) is 0 Å². The summed E-state index contributed by atoms with van der Waals surface area (Å²) in [5.74, 6) is -1.39. The SMILES string of the molecule is CC1(C)CN(C(=O)c2ccccc2F)C[C@@H]2CN(C(=O)c3ccc(F)cc3)CCN21. The van der Waals surface area contributed by atoms with E-state index < -0.39 is 5.82 Å². The summed E-state index contributed by atoms with van der Waals surface area (Å²) in [5.41, 5.74) is 0.213. The van der Waals surface area contributed by atoms with Gasteiger partial charge in [-0.2, -0.15) is 0 Å². The molecule has 2 aromatic carbocycles. The van der Waals surface area contributed by atoms with E-state index in [4.69, 9.17) is 0 Å². The number of carbonyl (C=O) groups excluding carboxylic acids is 2. The summed E-state index contributed by atoms with van der Waals surface area (Å²) < 4.78 is 27.4. The van der Waals surface area contributed by atoms with Crippen molar-refractivity contribution in [1.29, 1.82) is 0 Å². The Labute approximate surface area is 174 Å². The van der Waals surface area contributed by atoms with Crippen LogP contribution in [0.2, 0.25) is 0 Å². The predicted octanol–water partition coefficient (Wildman–Crippen LogP) is 3.03. The fourth-order valence-corrected chi connectivity index (χ4v) is 4.60. The van der Waals surface area contributed by atoms with E-state index in [2.05, 4.69) is 18.7 Å². The highest BCUT2D eigenvalue weighted by Gasteiger charge is 2.44. The van der Waals surface area contributed by atoms with Crippen LogP contribution >= 0.6 is 0 Å². The number of fused-ring (bicyclic) bond motifs is 1. The van der Waals surface area contributed by atoms with Gasteiger partial charge in [-0.25, -0.2) is 8.78 Å². The van der Waals surface area contributed by atoms with Gasteiger partial charge in [0, 0.05) is 49.9 Å². The molecule has 0 spiro atoms. The van der Waals surface area contributed by atoms with Crippen molar-refractivity contribution in [2.45, 2.75) is 25.4 Å². The van der Waals surface area contributed by atoms with Crippen molar-refractivity contribution in [3.05, 3.63) is 71.3 Å². The van der Waals surface area contributed by atoms with Gasteiger partial charge in [0.05, 0.1) is 5.56 Å². The maximum Gasteiger partial charge on any atom is 0.256 e. The molecule has 7 heteroatoms. The number of hydrogen-bond donors (Lipinski definition) is 0. The molecular weight excluding hydrogens is 388 g/mol. The molecule has 4 rings (SSSR count). The Hall–Kier alpha value is -2.80. The van der Waals surface area contributed by atoms with E-state index in [0.29, 0.717) is 38.3 Å². The molecule has 158 valence electrons. The van der Waals surface area contributed by atoms with Gasteiger partial charge in [0.1, 0.15) is 11.6 Å².